The summed E-state index contributed by atoms with van der Waals surface area (Å²) in [6, 6.07) is 6.02. The number of nitrogens with zero attached hydrogens (tertiary/aromatic N) is 5. The van der Waals surface area contributed by atoms with Crippen molar-refractivity contribution in [2.45, 2.75) is 37.3 Å². The molecule has 2 aliphatic heterocycles. The number of carbonyl (C=O) groups is 3. The highest BCUT2D eigenvalue weighted by Crippen LogP contribution is 2.31. The molecule has 2 fully saturated rings. The number of carboxylic acid groups (broad SMARTS) is 2. The van der Waals surface area contributed by atoms with Gasteiger partial charge in [0.1, 0.15) is 5.69 Å². The van der Waals surface area contributed by atoms with E-state index in [1.54, 1.807) is 12.4 Å². The van der Waals surface area contributed by atoms with Crippen LogP contribution in [-0.2, 0) is 20.9 Å². The second-order valence-electron chi connectivity index (χ2n) is 8.55. The fraction of sp³-hybridized carbons (Fsp3) is 0.478. The highest BCUT2D eigenvalue weighted by atomic mass is 19.4. The van der Waals surface area contributed by atoms with Gasteiger partial charge in [0.15, 0.2) is 0 Å². The lowest BCUT2D eigenvalue weighted by Crippen LogP contribution is -2.57. The molecule has 2 aromatic rings. The minimum atomic E-state index is -5.08. The van der Waals surface area contributed by atoms with Crippen molar-refractivity contribution in [1.29, 1.82) is 0 Å². The summed E-state index contributed by atoms with van der Waals surface area (Å²) < 4.78 is 69.7. The third-order valence-electron chi connectivity index (χ3n) is 5.67. The molecule has 17 heteroatoms. The Hall–Kier alpha value is -3.86. The summed E-state index contributed by atoms with van der Waals surface area (Å²) >= 11 is 0. The second kappa shape index (κ2) is 14.0. The van der Waals surface area contributed by atoms with Crippen LogP contribution in [0.25, 0.3) is 0 Å². The van der Waals surface area contributed by atoms with Gasteiger partial charge in [0.25, 0.3) is 5.91 Å². The first-order chi connectivity index (χ1) is 18.6. The Bertz CT molecular complexity index is 1090. The molecule has 0 atom stereocenters. The molecule has 2 N–H and O–H groups in total. The van der Waals surface area contributed by atoms with Crippen LogP contribution in [0.4, 0.5) is 26.3 Å². The van der Waals surface area contributed by atoms with Crippen molar-refractivity contribution in [2.75, 3.05) is 32.8 Å². The average Bonchev–Trinajstić information content (AvgIpc) is 2.90. The number of rotatable bonds is 3. The van der Waals surface area contributed by atoms with E-state index >= 15 is 0 Å². The fourth-order valence-electron chi connectivity index (χ4n) is 3.77. The summed E-state index contributed by atoms with van der Waals surface area (Å²) in [5.41, 5.74) is 1.33. The molecule has 2 aromatic heterocycles. The van der Waals surface area contributed by atoms with Gasteiger partial charge in [-0.05, 0) is 25.0 Å². The summed E-state index contributed by atoms with van der Waals surface area (Å²) in [5.74, 6) is -5.56. The van der Waals surface area contributed by atoms with Gasteiger partial charge in [-0.3, -0.25) is 19.7 Å². The molecule has 0 aromatic carbocycles. The summed E-state index contributed by atoms with van der Waals surface area (Å²) in [6.07, 6.45) is -1.98. The molecule has 4 heterocycles. The van der Waals surface area contributed by atoms with Gasteiger partial charge in [-0.2, -0.15) is 26.3 Å². The number of ether oxygens (including phenoxy) is 1. The van der Waals surface area contributed by atoms with Crippen LogP contribution in [-0.4, -0.2) is 104 Å². The van der Waals surface area contributed by atoms with E-state index in [4.69, 9.17) is 24.5 Å². The van der Waals surface area contributed by atoms with Crippen LogP contribution in [0.1, 0.15) is 29.0 Å². The largest absolute Gasteiger partial charge is 0.490 e. The number of aliphatic carboxylic acids is 2. The van der Waals surface area contributed by atoms with Gasteiger partial charge >= 0.3 is 24.3 Å². The van der Waals surface area contributed by atoms with E-state index in [1.165, 1.54) is 6.20 Å². The van der Waals surface area contributed by atoms with Crippen LogP contribution < -0.4 is 0 Å². The van der Waals surface area contributed by atoms with Gasteiger partial charge < -0.3 is 19.8 Å². The van der Waals surface area contributed by atoms with Crippen LogP contribution in [0.2, 0.25) is 0 Å². The lowest BCUT2D eigenvalue weighted by atomic mass is 9.89. The highest BCUT2D eigenvalue weighted by molar-refractivity contribution is 5.92. The van der Waals surface area contributed by atoms with Crippen molar-refractivity contribution in [3.63, 3.8) is 0 Å². The van der Waals surface area contributed by atoms with E-state index in [-0.39, 0.29) is 11.5 Å². The van der Waals surface area contributed by atoms with Crippen LogP contribution in [0, 0.1) is 0 Å². The van der Waals surface area contributed by atoms with Crippen LogP contribution >= 0.6 is 0 Å². The van der Waals surface area contributed by atoms with Gasteiger partial charge in [-0.1, -0.05) is 6.07 Å². The summed E-state index contributed by atoms with van der Waals surface area (Å²) in [4.78, 5) is 47.1. The van der Waals surface area contributed by atoms with Crippen molar-refractivity contribution in [1.82, 2.24) is 24.8 Å². The van der Waals surface area contributed by atoms with Gasteiger partial charge in [0, 0.05) is 51.3 Å². The molecular weight excluding hydrogens is 556 g/mol. The molecule has 11 nitrogen and oxygen atoms in total. The SMILES string of the molecule is O=C(O)C(F)(F)F.O=C(O)C(F)(F)F.O=C(c1cnccn1)N1CCC2(CC1)CN(Cc1ccccn1)CCO2. The lowest BCUT2D eigenvalue weighted by molar-refractivity contribution is -0.193. The van der Waals surface area contributed by atoms with Crippen LogP contribution in [0.5, 0.6) is 0 Å². The number of amides is 1. The molecule has 0 radical (unpaired) electrons. The van der Waals surface area contributed by atoms with Crippen molar-refractivity contribution in [3.05, 3.63) is 54.4 Å². The molecular formula is C23H25F6N5O6. The number of hydrogen-bond donors (Lipinski definition) is 2. The first-order valence-electron chi connectivity index (χ1n) is 11.5. The summed E-state index contributed by atoms with van der Waals surface area (Å²) in [5, 5.41) is 14.2. The number of carboxylic acids is 2. The molecule has 0 unspecified atom stereocenters. The van der Waals surface area contributed by atoms with Gasteiger partial charge in [0.05, 0.1) is 24.1 Å². The number of piperidine rings is 1. The van der Waals surface area contributed by atoms with Crippen molar-refractivity contribution >= 4 is 17.8 Å². The highest BCUT2D eigenvalue weighted by Gasteiger charge is 2.41. The lowest BCUT2D eigenvalue weighted by Gasteiger charge is -2.47. The second-order valence-corrected chi connectivity index (χ2v) is 8.55. The molecule has 2 saturated heterocycles. The monoisotopic (exact) mass is 581 g/mol. The van der Waals surface area contributed by atoms with Crippen molar-refractivity contribution < 1.29 is 55.7 Å². The Morgan fingerprint density at radius 1 is 0.900 bits per heavy atom. The molecule has 40 heavy (non-hydrogen) atoms. The van der Waals surface area contributed by atoms with Gasteiger partial charge in [0.2, 0.25) is 0 Å². The number of hydrogen-bond acceptors (Lipinski definition) is 8. The van der Waals surface area contributed by atoms with E-state index in [0.717, 1.165) is 44.8 Å². The number of pyridine rings is 1. The number of likely N-dealkylation sites (tertiary alicyclic amines) is 1. The smallest absolute Gasteiger partial charge is 0.475 e. The zero-order valence-electron chi connectivity index (χ0n) is 20.7. The first kappa shape index (κ1) is 32.4. The van der Waals surface area contributed by atoms with E-state index in [9.17, 15) is 31.1 Å². The first-order valence-corrected chi connectivity index (χ1v) is 11.5. The zero-order valence-corrected chi connectivity index (χ0v) is 20.7. The van der Waals surface area contributed by atoms with E-state index in [2.05, 4.69) is 25.9 Å². The molecule has 1 spiro atoms. The molecule has 0 saturated carbocycles. The van der Waals surface area contributed by atoms with Crippen molar-refractivity contribution in [2.24, 2.45) is 0 Å². The number of aromatic nitrogens is 3. The molecule has 1 amide bonds. The van der Waals surface area contributed by atoms with Crippen LogP contribution in [0.3, 0.4) is 0 Å². The minimum Gasteiger partial charge on any atom is -0.475 e. The number of morpholine rings is 1. The molecule has 4 rings (SSSR count). The fourth-order valence-corrected chi connectivity index (χ4v) is 3.77. The quantitative estimate of drug-likeness (QED) is 0.519. The Balaban J connectivity index is 0.000000333. The summed E-state index contributed by atoms with van der Waals surface area (Å²) in [7, 11) is 0. The third kappa shape index (κ3) is 10.4. The van der Waals surface area contributed by atoms with Crippen molar-refractivity contribution in [3.8, 4) is 0 Å². The maximum absolute atomic E-state index is 12.5. The summed E-state index contributed by atoms with van der Waals surface area (Å²) in [6.45, 7) is 4.75. The predicted molar refractivity (Wildman–Crippen MR) is 123 cm³/mol. The maximum Gasteiger partial charge on any atom is 0.490 e. The Labute approximate surface area is 223 Å². The Morgan fingerprint density at radius 3 is 1.98 bits per heavy atom. The van der Waals surface area contributed by atoms with Crippen LogP contribution in [0.15, 0.2) is 43.0 Å². The standard InChI is InChI=1S/C19H23N5O2.2C2HF3O2/c25-18(17-13-20-7-8-22-17)24-9-4-19(5-10-24)15-23(11-12-26-19)14-16-3-1-2-6-21-16;2*3-2(4,5)1(6)7/h1-3,6-8,13H,4-5,9-12,14-15H2;2*(H,6,7). The number of halogens is 6. The molecule has 2 aliphatic rings. The van der Waals surface area contributed by atoms with Gasteiger partial charge in [-0.25, -0.2) is 14.6 Å². The number of alkyl halides is 6. The zero-order chi connectivity index (χ0) is 30.0. The van der Waals surface area contributed by atoms with E-state index in [1.807, 2.05) is 23.2 Å². The van der Waals surface area contributed by atoms with E-state index in [0.29, 0.717) is 18.8 Å². The number of carbonyl (C=O) groups excluding carboxylic acids is 1. The normalized spacial score (nSPS) is 17.1. The molecule has 0 aliphatic carbocycles. The van der Waals surface area contributed by atoms with E-state index < -0.39 is 24.3 Å². The third-order valence-corrected chi connectivity index (χ3v) is 5.67. The Morgan fingerprint density at radius 2 is 1.50 bits per heavy atom. The predicted octanol–water partition coefficient (Wildman–Crippen LogP) is 2.65. The average molecular weight is 581 g/mol. The molecule has 0 bridgehead atoms. The minimum absolute atomic E-state index is 0.0471. The maximum atomic E-state index is 12.5. The topological polar surface area (TPSA) is 146 Å². The van der Waals surface area contributed by atoms with Gasteiger partial charge in [-0.15, -0.1) is 0 Å². The molecule has 220 valence electrons. The Kier molecular flexibility index (Phi) is 11.3.